The SMILES string of the molecule is C=CCOC(=O)CC(C(=O)OCCCCCCCCCCC)S(=O)(=O)[O-].[Na+]. The predicted molar refractivity (Wildman–Crippen MR) is 97.4 cm³/mol. The van der Waals surface area contributed by atoms with Crippen LogP contribution in [0.5, 0.6) is 0 Å². The Labute approximate surface area is 185 Å². The van der Waals surface area contributed by atoms with E-state index in [0.717, 1.165) is 19.3 Å². The third-order valence-electron chi connectivity index (χ3n) is 3.82. The first kappa shape index (κ1) is 28.8. The van der Waals surface area contributed by atoms with Crippen LogP contribution in [0.15, 0.2) is 12.7 Å². The van der Waals surface area contributed by atoms with E-state index in [2.05, 4.69) is 18.2 Å². The van der Waals surface area contributed by atoms with Crippen molar-refractivity contribution in [1.82, 2.24) is 0 Å². The summed E-state index contributed by atoms with van der Waals surface area (Å²) in [6, 6.07) is 0. The maximum atomic E-state index is 11.8. The molecule has 0 aromatic rings. The van der Waals surface area contributed by atoms with Crippen LogP contribution in [0, 0.1) is 0 Å². The minimum absolute atomic E-state index is 0. The Bertz CT molecular complexity index is 520. The fourth-order valence-electron chi connectivity index (χ4n) is 2.34. The molecule has 0 amide bonds. The molecule has 0 bridgehead atoms. The van der Waals surface area contributed by atoms with Crippen molar-refractivity contribution in [2.24, 2.45) is 0 Å². The first-order chi connectivity index (χ1) is 12.3. The van der Waals surface area contributed by atoms with E-state index in [1.165, 1.54) is 38.2 Å². The van der Waals surface area contributed by atoms with E-state index < -0.39 is 33.7 Å². The van der Waals surface area contributed by atoms with Crippen molar-refractivity contribution >= 4 is 22.1 Å². The molecule has 0 spiro atoms. The molecule has 0 aromatic carbocycles. The van der Waals surface area contributed by atoms with Crippen LogP contribution in [0.2, 0.25) is 0 Å². The molecule has 0 aliphatic heterocycles. The molecular formula is C18H31NaO7S. The number of carbonyl (C=O) groups excluding carboxylic acids is 2. The first-order valence-corrected chi connectivity index (χ1v) is 10.7. The summed E-state index contributed by atoms with van der Waals surface area (Å²) in [5.74, 6) is -2.16. The van der Waals surface area contributed by atoms with Crippen molar-refractivity contribution in [3.63, 3.8) is 0 Å². The fraction of sp³-hybridized carbons (Fsp3) is 0.778. The summed E-state index contributed by atoms with van der Waals surface area (Å²) in [6.07, 6.45) is 10.2. The summed E-state index contributed by atoms with van der Waals surface area (Å²) < 4.78 is 43.0. The fourth-order valence-corrected chi connectivity index (χ4v) is 2.99. The Morgan fingerprint density at radius 3 is 2.00 bits per heavy atom. The third kappa shape index (κ3) is 16.3. The average molecular weight is 414 g/mol. The van der Waals surface area contributed by atoms with Crippen LogP contribution in [0.1, 0.15) is 71.1 Å². The van der Waals surface area contributed by atoms with Crippen molar-refractivity contribution in [3.8, 4) is 0 Å². The molecule has 0 aliphatic rings. The topological polar surface area (TPSA) is 110 Å². The number of esters is 2. The van der Waals surface area contributed by atoms with Gasteiger partial charge in [0.05, 0.1) is 13.0 Å². The van der Waals surface area contributed by atoms with Gasteiger partial charge in [0, 0.05) is 0 Å². The smallest absolute Gasteiger partial charge is 0.747 e. The Kier molecular flexibility index (Phi) is 18.8. The Hall–Kier alpha value is -0.410. The van der Waals surface area contributed by atoms with Gasteiger partial charge < -0.3 is 14.0 Å². The van der Waals surface area contributed by atoms with Crippen molar-refractivity contribution in [3.05, 3.63) is 12.7 Å². The van der Waals surface area contributed by atoms with Crippen LogP contribution in [0.4, 0.5) is 0 Å². The van der Waals surface area contributed by atoms with Crippen LogP contribution in [0.3, 0.4) is 0 Å². The Balaban J connectivity index is 0. The maximum Gasteiger partial charge on any atom is 1.00 e. The molecule has 7 nitrogen and oxygen atoms in total. The second-order valence-corrected chi connectivity index (χ2v) is 7.71. The molecular weight excluding hydrogens is 383 g/mol. The molecule has 0 fully saturated rings. The van der Waals surface area contributed by atoms with Gasteiger partial charge in [0.15, 0.2) is 5.25 Å². The molecule has 0 aliphatic carbocycles. The number of carbonyl (C=O) groups is 2. The average Bonchev–Trinajstić information content (AvgIpc) is 2.58. The molecule has 1 atom stereocenters. The van der Waals surface area contributed by atoms with E-state index >= 15 is 0 Å². The summed E-state index contributed by atoms with van der Waals surface area (Å²) in [5, 5.41) is -2.07. The number of hydrogen-bond donors (Lipinski definition) is 0. The largest absolute Gasteiger partial charge is 1.00 e. The quantitative estimate of drug-likeness (QED) is 0.116. The molecule has 0 N–H and O–H groups in total. The Morgan fingerprint density at radius 2 is 1.52 bits per heavy atom. The van der Waals surface area contributed by atoms with Gasteiger partial charge >= 0.3 is 41.5 Å². The van der Waals surface area contributed by atoms with Gasteiger partial charge in [0.25, 0.3) is 0 Å². The van der Waals surface area contributed by atoms with Gasteiger partial charge in [0.2, 0.25) is 0 Å². The zero-order chi connectivity index (χ0) is 19.8. The number of hydrogen-bond acceptors (Lipinski definition) is 7. The number of rotatable bonds is 16. The second-order valence-electron chi connectivity index (χ2n) is 6.15. The Morgan fingerprint density at radius 1 is 1.00 bits per heavy atom. The van der Waals surface area contributed by atoms with Crippen molar-refractivity contribution < 1.29 is 61.6 Å². The van der Waals surface area contributed by atoms with Crippen LogP contribution < -0.4 is 29.6 Å². The normalized spacial score (nSPS) is 11.9. The van der Waals surface area contributed by atoms with E-state index in [0.29, 0.717) is 6.42 Å². The van der Waals surface area contributed by atoms with Crippen LogP contribution in [0.25, 0.3) is 0 Å². The van der Waals surface area contributed by atoms with Gasteiger partial charge in [-0.1, -0.05) is 70.9 Å². The molecule has 0 radical (unpaired) electrons. The summed E-state index contributed by atoms with van der Waals surface area (Å²) in [7, 11) is -5.00. The van der Waals surface area contributed by atoms with Gasteiger partial charge in [0.1, 0.15) is 16.7 Å². The molecule has 152 valence electrons. The zero-order valence-corrected chi connectivity index (χ0v) is 19.4. The third-order valence-corrected chi connectivity index (χ3v) is 4.87. The first-order valence-electron chi connectivity index (χ1n) is 9.20. The molecule has 0 rings (SSSR count). The molecule has 27 heavy (non-hydrogen) atoms. The van der Waals surface area contributed by atoms with Crippen molar-refractivity contribution in [2.45, 2.75) is 76.4 Å². The van der Waals surface area contributed by atoms with Crippen LogP contribution in [-0.2, 0) is 29.2 Å². The van der Waals surface area contributed by atoms with E-state index in [9.17, 15) is 22.6 Å². The summed E-state index contributed by atoms with van der Waals surface area (Å²) >= 11 is 0. The van der Waals surface area contributed by atoms with E-state index in [1.54, 1.807) is 0 Å². The van der Waals surface area contributed by atoms with E-state index in [4.69, 9.17) is 4.74 Å². The van der Waals surface area contributed by atoms with Gasteiger partial charge in [-0.2, -0.15) is 0 Å². The van der Waals surface area contributed by atoms with Crippen molar-refractivity contribution in [2.75, 3.05) is 13.2 Å². The monoisotopic (exact) mass is 414 g/mol. The van der Waals surface area contributed by atoms with Gasteiger partial charge in [-0.15, -0.1) is 0 Å². The van der Waals surface area contributed by atoms with Crippen LogP contribution >= 0.6 is 0 Å². The van der Waals surface area contributed by atoms with E-state index in [-0.39, 0.29) is 42.8 Å². The standard InChI is InChI=1S/C18H32O7S.Na/c1-3-5-6-7-8-9-10-11-12-14-25-18(20)16(26(21,22)23)15-17(19)24-13-4-2;/h4,16H,2-3,5-15H2,1H3,(H,21,22,23);/q;+1/p-1. The van der Waals surface area contributed by atoms with Crippen LogP contribution in [-0.4, -0.2) is 43.4 Å². The molecule has 1 unspecified atom stereocenters. The maximum absolute atomic E-state index is 11.8. The minimum Gasteiger partial charge on any atom is -0.747 e. The summed E-state index contributed by atoms with van der Waals surface area (Å²) in [4.78, 5) is 23.2. The molecule has 9 heteroatoms. The summed E-state index contributed by atoms with van der Waals surface area (Å²) in [6.45, 7) is 5.41. The second kappa shape index (κ2) is 17.7. The van der Waals surface area contributed by atoms with Crippen molar-refractivity contribution in [1.29, 1.82) is 0 Å². The minimum atomic E-state index is -5.00. The predicted octanol–water partition coefficient (Wildman–Crippen LogP) is 0.0975. The molecule has 0 saturated heterocycles. The molecule has 0 saturated carbocycles. The van der Waals surface area contributed by atoms with Gasteiger partial charge in [-0.25, -0.2) is 8.42 Å². The number of ether oxygens (including phenoxy) is 2. The molecule has 0 aromatic heterocycles. The van der Waals surface area contributed by atoms with Gasteiger partial charge in [-0.05, 0) is 6.42 Å². The number of unbranched alkanes of at least 4 members (excludes halogenated alkanes) is 8. The summed E-state index contributed by atoms with van der Waals surface area (Å²) in [5.41, 5.74) is 0. The van der Waals surface area contributed by atoms with E-state index in [1.807, 2.05) is 0 Å². The van der Waals surface area contributed by atoms with Gasteiger partial charge in [-0.3, -0.25) is 9.59 Å². The zero-order valence-electron chi connectivity index (χ0n) is 16.6. The molecule has 0 heterocycles.